The maximum absolute atomic E-state index is 12.9. The highest BCUT2D eigenvalue weighted by Crippen LogP contribution is 2.26. The molecule has 0 aliphatic heterocycles. The minimum absolute atomic E-state index is 0.00855. The van der Waals surface area contributed by atoms with Crippen LogP contribution in [0.2, 0.25) is 0 Å². The van der Waals surface area contributed by atoms with E-state index in [4.69, 9.17) is 4.74 Å². The number of ether oxygens (including phenoxy) is 1. The van der Waals surface area contributed by atoms with Crippen LogP contribution in [0.5, 0.6) is 0 Å². The van der Waals surface area contributed by atoms with Crippen LogP contribution in [0, 0.1) is 13.8 Å². The maximum Gasteiger partial charge on any atom is 0.248 e. The van der Waals surface area contributed by atoms with Crippen LogP contribution in [0.15, 0.2) is 66.9 Å². The second kappa shape index (κ2) is 8.81. The molecule has 5 nitrogen and oxygen atoms in total. The summed E-state index contributed by atoms with van der Waals surface area (Å²) in [6.45, 7) is 4.55. The van der Waals surface area contributed by atoms with E-state index in [1.165, 1.54) is 4.88 Å². The van der Waals surface area contributed by atoms with Crippen LogP contribution < -0.4 is 0 Å². The van der Waals surface area contributed by atoms with E-state index in [0.29, 0.717) is 6.54 Å². The molecular weight excluding hydrogens is 394 g/mol. The third-order valence-electron chi connectivity index (χ3n) is 5.13. The Labute approximate surface area is 180 Å². The minimum atomic E-state index is -0.285. The lowest BCUT2D eigenvalue weighted by molar-refractivity contribution is -0.136. The number of carbonyl (C=O) groups excluding carboxylic acids is 1. The molecule has 0 saturated heterocycles. The molecule has 2 aromatic heterocycles. The van der Waals surface area contributed by atoms with Gasteiger partial charge in [0.15, 0.2) is 4.96 Å². The summed E-state index contributed by atoms with van der Waals surface area (Å²) in [6, 6.07) is 20.0. The number of nitrogens with zero attached hydrogens (tertiary/aromatic N) is 3. The monoisotopic (exact) mass is 419 g/mol. The predicted molar refractivity (Wildman–Crippen MR) is 120 cm³/mol. The number of hydrogen-bond acceptors (Lipinski definition) is 4. The maximum atomic E-state index is 12.9. The van der Waals surface area contributed by atoms with Gasteiger partial charge in [0.2, 0.25) is 5.91 Å². The van der Waals surface area contributed by atoms with Gasteiger partial charge in [0, 0.05) is 18.1 Å². The van der Waals surface area contributed by atoms with Crippen molar-refractivity contribution in [1.82, 2.24) is 14.3 Å². The molecule has 0 spiro atoms. The molecule has 1 amide bonds. The molecular formula is C24H25N3O2S. The summed E-state index contributed by atoms with van der Waals surface area (Å²) >= 11 is 1.66. The van der Waals surface area contributed by atoms with Crippen LogP contribution in [-0.2, 0) is 16.1 Å². The number of aromatic nitrogens is 2. The minimum Gasteiger partial charge on any atom is -0.359 e. The molecule has 0 radical (unpaired) electrons. The highest BCUT2D eigenvalue weighted by molar-refractivity contribution is 7.17. The van der Waals surface area contributed by atoms with Crippen molar-refractivity contribution in [2.45, 2.75) is 26.5 Å². The highest BCUT2D eigenvalue weighted by Gasteiger charge is 2.20. The quantitative estimate of drug-likeness (QED) is 0.433. The van der Waals surface area contributed by atoms with E-state index in [1.54, 1.807) is 16.2 Å². The van der Waals surface area contributed by atoms with Crippen LogP contribution >= 0.6 is 11.3 Å². The third-order valence-corrected chi connectivity index (χ3v) is 6.03. The van der Waals surface area contributed by atoms with Gasteiger partial charge in [0.1, 0.15) is 12.7 Å². The van der Waals surface area contributed by atoms with Gasteiger partial charge in [-0.3, -0.25) is 9.20 Å². The van der Waals surface area contributed by atoms with Crippen molar-refractivity contribution in [1.29, 1.82) is 0 Å². The first-order valence-electron chi connectivity index (χ1n) is 9.92. The Morgan fingerprint density at radius 2 is 1.67 bits per heavy atom. The number of hydrogen-bond donors (Lipinski definition) is 0. The Bertz CT molecular complexity index is 1100. The highest BCUT2D eigenvalue weighted by atomic mass is 32.1. The topological polar surface area (TPSA) is 46.8 Å². The molecule has 0 N–H and O–H groups in total. The molecule has 0 aliphatic carbocycles. The lowest BCUT2D eigenvalue weighted by atomic mass is 10.0. The second-order valence-electron chi connectivity index (χ2n) is 7.40. The summed E-state index contributed by atoms with van der Waals surface area (Å²) in [5, 5.41) is 0. The predicted octanol–water partition coefficient (Wildman–Crippen LogP) is 4.78. The standard InChI is InChI=1S/C24H25N3O2S/c1-17-14-27-21(18(2)25-24(27)30-17)15-26(3)22(28)16-29-23(19-10-6-4-7-11-19)20-12-8-5-9-13-20/h4-14,23H,15-16H2,1-3H3. The van der Waals surface area contributed by atoms with Gasteiger partial charge in [-0.2, -0.15) is 0 Å². The van der Waals surface area contributed by atoms with Crippen LogP contribution in [0.1, 0.15) is 33.5 Å². The Hall–Kier alpha value is -2.96. The van der Waals surface area contributed by atoms with Gasteiger partial charge in [-0.25, -0.2) is 4.98 Å². The summed E-state index contributed by atoms with van der Waals surface area (Å²) < 4.78 is 8.21. The SMILES string of the molecule is Cc1cn2c(CN(C)C(=O)COC(c3ccccc3)c3ccccc3)c(C)nc2s1. The van der Waals surface area contributed by atoms with Crippen LogP contribution in [0.4, 0.5) is 0 Å². The summed E-state index contributed by atoms with van der Waals surface area (Å²) in [7, 11) is 1.81. The van der Waals surface area contributed by atoms with E-state index in [-0.39, 0.29) is 18.6 Å². The number of rotatable bonds is 7. The van der Waals surface area contributed by atoms with Gasteiger partial charge < -0.3 is 9.64 Å². The van der Waals surface area contributed by atoms with Crippen LogP contribution in [0.25, 0.3) is 4.96 Å². The number of fused-ring (bicyclic) bond motifs is 1. The fourth-order valence-electron chi connectivity index (χ4n) is 3.52. The summed E-state index contributed by atoms with van der Waals surface area (Å²) in [6.07, 6.45) is 1.79. The van der Waals surface area contributed by atoms with Gasteiger partial charge in [-0.15, -0.1) is 11.3 Å². The van der Waals surface area contributed by atoms with E-state index in [0.717, 1.165) is 27.5 Å². The molecule has 2 heterocycles. The Morgan fingerprint density at radius 1 is 1.07 bits per heavy atom. The summed E-state index contributed by atoms with van der Waals surface area (Å²) in [5.74, 6) is -0.0619. The molecule has 0 bridgehead atoms. The van der Waals surface area contributed by atoms with Crippen molar-refractivity contribution < 1.29 is 9.53 Å². The molecule has 154 valence electrons. The van der Waals surface area contributed by atoms with Crippen molar-refractivity contribution in [3.05, 3.63) is 94.3 Å². The molecule has 0 fully saturated rings. The first-order chi connectivity index (χ1) is 14.5. The van der Waals surface area contributed by atoms with E-state index in [2.05, 4.69) is 22.5 Å². The molecule has 2 aromatic carbocycles. The molecule has 0 unspecified atom stereocenters. The normalized spacial score (nSPS) is 11.3. The van der Waals surface area contributed by atoms with E-state index in [9.17, 15) is 4.79 Å². The average Bonchev–Trinajstić information content (AvgIpc) is 3.25. The van der Waals surface area contributed by atoms with Crippen molar-refractivity contribution in [2.75, 3.05) is 13.7 Å². The summed E-state index contributed by atoms with van der Waals surface area (Å²) in [5.41, 5.74) is 4.05. The van der Waals surface area contributed by atoms with E-state index < -0.39 is 0 Å². The number of thiazole rings is 1. The molecule has 4 aromatic rings. The number of likely N-dealkylation sites (N-methyl/N-ethyl adjacent to an activating group) is 1. The van der Waals surface area contributed by atoms with Crippen molar-refractivity contribution >= 4 is 22.2 Å². The first kappa shape index (κ1) is 20.3. The molecule has 0 saturated carbocycles. The van der Waals surface area contributed by atoms with Gasteiger partial charge in [-0.1, -0.05) is 60.7 Å². The van der Waals surface area contributed by atoms with Gasteiger partial charge >= 0.3 is 0 Å². The molecule has 0 atom stereocenters. The van der Waals surface area contributed by atoms with Crippen molar-refractivity contribution in [3.63, 3.8) is 0 Å². The van der Waals surface area contributed by atoms with Gasteiger partial charge in [0.25, 0.3) is 0 Å². The first-order valence-corrected chi connectivity index (χ1v) is 10.7. The second-order valence-corrected chi connectivity index (χ2v) is 8.61. The zero-order valence-corrected chi connectivity index (χ0v) is 18.2. The zero-order chi connectivity index (χ0) is 21.1. The van der Waals surface area contributed by atoms with Gasteiger partial charge in [-0.05, 0) is 25.0 Å². The van der Waals surface area contributed by atoms with Crippen LogP contribution in [-0.4, -0.2) is 33.8 Å². The number of imidazole rings is 1. The lowest BCUT2D eigenvalue weighted by Gasteiger charge is -2.22. The summed E-state index contributed by atoms with van der Waals surface area (Å²) in [4.78, 5) is 21.3. The fourth-order valence-corrected chi connectivity index (χ4v) is 4.41. The van der Waals surface area contributed by atoms with Crippen LogP contribution in [0.3, 0.4) is 0 Å². The average molecular weight is 420 g/mol. The smallest absolute Gasteiger partial charge is 0.248 e. The number of benzene rings is 2. The molecule has 30 heavy (non-hydrogen) atoms. The van der Waals surface area contributed by atoms with E-state index >= 15 is 0 Å². The van der Waals surface area contributed by atoms with Gasteiger partial charge in [0.05, 0.1) is 17.9 Å². The Balaban J connectivity index is 1.47. The van der Waals surface area contributed by atoms with E-state index in [1.807, 2.05) is 74.6 Å². The molecule has 0 aliphatic rings. The lowest BCUT2D eigenvalue weighted by Crippen LogP contribution is -2.31. The zero-order valence-electron chi connectivity index (χ0n) is 17.4. The Morgan fingerprint density at radius 3 is 2.27 bits per heavy atom. The molecule has 4 rings (SSSR count). The van der Waals surface area contributed by atoms with Crippen molar-refractivity contribution in [3.8, 4) is 0 Å². The largest absolute Gasteiger partial charge is 0.359 e. The third kappa shape index (κ3) is 4.30. The number of amides is 1. The number of aryl methyl sites for hydroxylation is 2. The molecule has 6 heteroatoms. The number of carbonyl (C=O) groups is 1. The Kier molecular flexibility index (Phi) is 5.97. The fraction of sp³-hybridized carbons (Fsp3) is 0.250. The van der Waals surface area contributed by atoms with Crippen molar-refractivity contribution in [2.24, 2.45) is 0 Å².